The second kappa shape index (κ2) is 6.69. The van der Waals surface area contributed by atoms with E-state index in [0.29, 0.717) is 11.1 Å². The standard InChI is InChI=1S/C22H16N2O2/c25-21-17(13-12-16-7-2-4-10-19(16)21)14-23-24-22(26)20-11-5-8-15-6-1-3-9-18(15)20/h1-14,25H,(H,24,26). The SMILES string of the molecule is O=C(NN=Cc1ccc2ccccc2c1O)c1cccc2ccccc12. The molecule has 4 nitrogen and oxygen atoms in total. The molecule has 4 rings (SSSR count). The topological polar surface area (TPSA) is 61.7 Å². The molecule has 0 atom stereocenters. The maximum absolute atomic E-state index is 12.5. The van der Waals surface area contributed by atoms with E-state index in [1.807, 2.05) is 66.7 Å². The first-order valence-corrected chi connectivity index (χ1v) is 8.26. The lowest BCUT2D eigenvalue weighted by Crippen LogP contribution is -2.17. The highest BCUT2D eigenvalue weighted by Gasteiger charge is 2.09. The fourth-order valence-electron chi connectivity index (χ4n) is 3.02. The lowest BCUT2D eigenvalue weighted by Gasteiger charge is -2.06. The number of carbonyl (C=O) groups excluding carboxylic acids is 1. The third kappa shape index (κ3) is 2.89. The van der Waals surface area contributed by atoms with Crippen LogP contribution in [-0.4, -0.2) is 17.2 Å². The van der Waals surface area contributed by atoms with Gasteiger partial charge in [0.2, 0.25) is 0 Å². The summed E-state index contributed by atoms with van der Waals surface area (Å²) >= 11 is 0. The summed E-state index contributed by atoms with van der Waals surface area (Å²) in [7, 11) is 0. The van der Waals surface area contributed by atoms with Crippen molar-refractivity contribution in [2.45, 2.75) is 0 Å². The fourth-order valence-corrected chi connectivity index (χ4v) is 3.02. The molecular formula is C22H16N2O2. The maximum atomic E-state index is 12.5. The highest BCUT2D eigenvalue weighted by molar-refractivity contribution is 6.07. The number of carbonyl (C=O) groups is 1. The van der Waals surface area contributed by atoms with Crippen LogP contribution in [0.3, 0.4) is 0 Å². The Bertz CT molecular complexity index is 1140. The number of hydrazone groups is 1. The zero-order valence-corrected chi connectivity index (χ0v) is 13.9. The van der Waals surface area contributed by atoms with E-state index in [4.69, 9.17) is 0 Å². The maximum Gasteiger partial charge on any atom is 0.271 e. The molecule has 0 spiro atoms. The Morgan fingerprint density at radius 3 is 2.27 bits per heavy atom. The quantitative estimate of drug-likeness (QED) is 0.427. The van der Waals surface area contributed by atoms with Gasteiger partial charge in [-0.1, -0.05) is 66.7 Å². The van der Waals surface area contributed by atoms with E-state index in [0.717, 1.165) is 21.5 Å². The van der Waals surface area contributed by atoms with Gasteiger partial charge in [0.25, 0.3) is 5.91 Å². The summed E-state index contributed by atoms with van der Waals surface area (Å²) in [6, 6.07) is 24.5. The van der Waals surface area contributed by atoms with E-state index in [2.05, 4.69) is 10.5 Å². The summed E-state index contributed by atoms with van der Waals surface area (Å²) < 4.78 is 0. The molecule has 0 radical (unpaired) electrons. The van der Waals surface area contributed by atoms with E-state index in [-0.39, 0.29) is 11.7 Å². The molecule has 0 bridgehead atoms. The zero-order valence-electron chi connectivity index (χ0n) is 13.9. The second-order valence-corrected chi connectivity index (χ2v) is 5.95. The molecule has 0 aromatic heterocycles. The van der Waals surface area contributed by atoms with E-state index >= 15 is 0 Å². The Labute approximate surface area is 150 Å². The van der Waals surface area contributed by atoms with Crippen molar-refractivity contribution in [3.05, 3.63) is 90.0 Å². The van der Waals surface area contributed by atoms with Gasteiger partial charge in [0.1, 0.15) is 5.75 Å². The number of phenols is 1. The molecular weight excluding hydrogens is 324 g/mol. The highest BCUT2D eigenvalue weighted by Crippen LogP contribution is 2.27. The second-order valence-electron chi connectivity index (χ2n) is 5.95. The van der Waals surface area contributed by atoms with Gasteiger partial charge < -0.3 is 5.11 Å². The molecule has 0 fully saturated rings. The smallest absolute Gasteiger partial charge is 0.271 e. The van der Waals surface area contributed by atoms with Gasteiger partial charge in [0.15, 0.2) is 0 Å². The van der Waals surface area contributed by atoms with Gasteiger partial charge >= 0.3 is 0 Å². The number of aromatic hydroxyl groups is 1. The summed E-state index contributed by atoms with van der Waals surface area (Å²) in [5.74, 6) is -0.149. The minimum atomic E-state index is -0.293. The van der Waals surface area contributed by atoms with Crippen molar-refractivity contribution in [3.8, 4) is 5.75 Å². The van der Waals surface area contributed by atoms with E-state index < -0.39 is 0 Å². The Morgan fingerprint density at radius 2 is 1.46 bits per heavy atom. The Morgan fingerprint density at radius 1 is 0.808 bits per heavy atom. The van der Waals surface area contributed by atoms with Crippen LogP contribution in [0.5, 0.6) is 5.75 Å². The van der Waals surface area contributed by atoms with E-state index in [1.54, 1.807) is 12.1 Å². The van der Waals surface area contributed by atoms with Crippen LogP contribution < -0.4 is 5.43 Å². The van der Waals surface area contributed by atoms with Gasteiger partial charge in [-0.3, -0.25) is 4.79 Å². The molecule has 4 aromatic rings. The molecule has 2 N–H and O–H groups in total. The number of nitrogens with zero attached hydrogens (tertiary/aromatic N) is 1. The number of amides is 1. The largest absolute Gasteiger partial charge is 0.507 e. The first-order valence-electron chi connectivity index (χ1n) is 8.26. The van der Waals surface area contributed by atoms with Crippen molar-refractivity contribution in [1.82, 2.24) is 5.43 Å². The third-order valence-corrected chi connectivity index (χ3v) is 4.34. The summed E-state index contributed by atoms with van der Waals surface area (Å²) in [6.45, 7) is 0. The van der Waals surface area contributed by atoms with Crippen LogP contribution >= 0.6 is 0 Å². The first kappa shape index (κ1) is 15.8. The highest BCUT2D eigenvalue weighted by atomic mass is 16.3. The van der Waals surface area contributed by atoms with Crippen LogP contribution in [0, 0.1) is 0 Å². The lowest BCUT2D eigenvalue weighted by atomic mass is 10.0. The van der Waals surface area contributed by atoms with Gasteiger partial charge in [0.05, 0.1) is 6.21 Å². The van der Waals surface area contributed by atoms with Crippen LogP contribution in [0.25, 0.3) is 21.5 Å². The van der Waals surface area contributed by atoms with E-state index in [1.165, 1.54) is 6.21 Å². The number of phenolic OH excluding ortho intramolecular Hbond substituents is 1. The van der Waals surface area contributed by atoms with Crippen LogP contribution in [-0.2, 0) is 0 Å². The summed E-state index contributed by atoms with van der Waals surface area (Å²) in [5, 5.41) is 17.9. The van der Waals surface area contributed by atoms with Crippen molar-refractivity contribution in [1.29, 1.82) is 0 Å². The van der Waals surface area contributed by atoms with Crippen molar-refractivity contribution in [2.24, 2.45) is 5.10 Å². The molecule has 0 saturated carbocycles. The molecule has 0 saturated heterocycles. The van der Waals surface area contributed by atoms with Gasteiger partial charge in [-0.05, 0) is 28.3 Å². The normalized spacial score (nSPS) is 11.2. The summed E-state index contributed by atoms with van der Waals surface area (Å²) in [6.07, 6.45) is 1.45. The van der Waals surface area contributed by atoms with Crippen molar-refractivity contribution in [2.75, 3.05) is 0 Å². The van der Waals surface area contributed by atoms with Crippen molar-refractivity contribution in [3.63, 3.8) is 0 Å². The van der Waals surface area contributed by atoms with Crippen LogP contribution in [0.2, 0.25) is 0 Å². The predicted octanol–water partition coefficient (Wildman–Crippen LogP) is 4.46. The zero-order chi connectivity index (χ0) is 17.9. The van der Waals surface area contributed by atoms with Crippen molar-refractivity contribution >= 4 is 33.7 Å². The van der Waals surface area contributed by atoms with Crippen LogP contribution in [0.4, 0.5) is 0 Å². The average Bonchev–Trinajstić information content (AvgIpc) is 2.69. The third-order valence-electron chi connectivity index (χ3n) is 4.34. The molecule has 0 heterocycles. The molecule has 1 amide bonds. The predicted molar refractivity (Wildman–Crippen MR) is 105 cm³/mol. The number of rotatable bonds is 3. The average molecular weight is 340 g/mol. The number of hydrogen-bond acceptors (Lipinski definition) is 3. The Hall–Kier alpha value is -3.66. The molecule has 26 heavy (non-hydrogen) atoms. The van der Waals surface area contributed by atoms with Crippen LogP contribution in [0.1, 0.15) is 15.9 Å². The van der Waals surface area contributed by atoms with Crippen LogP contribution in [0.15, 0.2) is 84.0 Å². The lowest BCUT2D eigenvalue weighted by molar-refractivity contribution is 0.0957. The molecule has 126 valence electrons. The summed E-state index contributed by atoms with van der Waals surface area (Å²) in [5.41, 5.74) is 3.64. The number of fused-ring (bicyclic) bond motifs is 2. The number of nitrogens with one attached hydrogen (secondary N) is 1. The molecule has 4 aromatic carbocycles. The first-order chi connectivity index (χ1) is 12.7. The molecule has 0 unspecified atom stereocenters. The van der Waals surface area contributed by atoms with Gasteiger partial charge in [-0.25, -0.2) is 5.43 Å². The van der Waals surface area contributed by atoms with Gasteiger partial charge in [-0.2, -0.15) is 5.10 Å². The van der Waals surface area contributed by atoms with Crippen molar-refractivity contribution < 1.29 is 9.90 Å². The Kier molecular flexibility index (Phi) is 4.07. The fraction of sp³-hybridized carbons (Fsp3) is 0. The molecule has 0 aliphatic rings. The molecule has 4 heteroatoms. The van der Waals surface area contributed by atoms with Gasteiger partial charge in [-0.15, -0.1) is 0 Å². The minimum absolute atomic E-state index is 0.145. The number of hydrogen-bond donors (Lipinski definition) is 2. The Balaban J connectivity index is 1.59. The van der Waals surface area contributed by atoms with Gasteiger partial charge in [0, 0.05) is 16.5 Å². The minimum Gasteiger partial charge on any atom is -0.507 e. The molecule has 0 aliphatic heterocycles. The monoisotopic (exact) mass is 340 g/mol. The van der Waals surface area contributed by atoms with E-state index in [9.17, 15) is 9.90 Å². The summed E-state index contributed by atoms with van der Waals surface area (Å²) in [4.78, 5) is 12.5. The molecule has 0 aliphatic carbocycles. The number of benzene rings is 4.